The zero-order valence-electron chi connectivity index (χ0n) is 16.1. The first-order chi connectivity index (χ1) is 13.6. The van der Waals surface area contributed by atoms with Gasteiger partial charge in [-0.2, -0.15) is 0 Å². The van der Waals surface area contributed by atoms with Crippen molar-refractivity contribution in [1.82, 2.24) is 5.32 Å². The van der Waals surface area contributed by atoms with Crippen molar-refractivity contribution in [3.8, 4) is 5.75 Å². The third-order valence-electron chi connectivity index (χ3n) is 4.95. The summed E-state index contributed by atoms with van der Waals surface area (Å²) in [5.41, 5.74) is 1.69. The number of nitrogens with one attached hydrogen (secondary N) is 2. The maximum Gasteiger partial charge on any atom is 0.262 e. The van der Waals surface area contributed by atoms with Crippen molar-refractivity contribution >= 4 is 44.6 Å². The van der Waals surface area contributed by atoms with Crippen LogP contribution in [0.4, 0.5) is 11.4 Å². The second-order valence-electron chi connectivity index (χ2n) is 6.70. The summed E-state index contributed by atoms with van der Waals surface area (Å²) in [7, 11) is -2.21. The zero-order chi connectivity index (χ0) is 19.6. The first kappa shape index (κ1) is 21.2. The average Bonchev–Trinajstić information content (AvgIpc) is 2.74. The number of fused-ring (bicyclic) bond motifs is 1. The van der Waals surface area contributed by atoms with Gasteiger partial charge in [0.2, 0.25) is 0 Å². The second-order valence-corrected chi connectivity index (χ2v) is 8.38. The number of ether oxygens (including phenoxy) is 1. The highest BCUT2D eigenvalue weighted by atomic mass is 35.5. The lowest BCUT2D eigenvalue weighted by Crippen LogP contribution is -2.43. The summed E-state index contributed by atoms with van der Waals surface area (Å²) in [6.07, 6.45) is 0. The summed E-state index contributed by atoms with van der Waals surface area (Å²) in [5, 5.41) is 5.28. The van der Waals surface area contributed by atoms with Gasteiger partial charge in [0, 0.05) is 48.7 Å². The Morgan fingerprint density at radius 3 is 2.41 bits per heavy atom. The van der Waals surface area contributed by atoms with Gasteiger partial charge >= 0.3 is 0 Å². The van der Waals surface area contributed by atoms with Gasteiger partial charge in [0.25, 0.3) is 10.0 Å². The molecule has 0 aromatic heterocycles. The zero-order valence-corrected chi connectivity index (χ0v) is 17.7. The third-order valence-corrected chi connectivity index (χ3v) is 6.32. The molecule has 1 fully saturated rings. The number of anilines is 2. The van der Waals surface area contributed by atoms with Gasteiger partial charge in [0.05, 0.1) is 17.7 Å². The predicted molar refractivity (Wildman–Crippen MR) is 120 cm³/mol. The molecule has 0 amide bonds. The molecule has 0 aliphatic carbocycles. The van der Waals surface area contributed by atoms with E-state index in [0.29, 0.717) is 11.4 Å². The van der Waals surface area contributed by atoms with E-state index in [4.69, 9.17) is 4.74 Å². The largest absolute Gasteiger partial charge is 0.497 e. The lowest BCUT2D eigenvalue weighted by atomic mass is 10.1. The molecule has 1 aliphatic rings. The molecule has 4 rings (SSSR count). The highest BCUT2D eigenvalue weighted by molar-refractivity contribution is 7.92. The highest BCUT2D eigenvalue weighted by Gasteiger charge is 2.19. The van der Waals surface area contributed by atoms with E-state index in [1.807, 2.05) is 36.4 Å². The molecule has 1 saturated heterocycles. The summed E-state index contributed by atoms with van der Waals surface area (Å²) < 4.78 is 33.7. The van der Waals surface area contributed by atoms with E-state index >= 15 is 0 Å². The molecule has 6 nitrogen and oxygen atoms in total. The molecule has 0 saturated carbocycles. The normalized spacial score (nSPS) is 14.3. The lowest BCUT2D eigenvalue weighted by molar-refractivity contribution is 0.413. The molecule has 8 heteroatoms. The van der Waals surface area contributed by atoms with Crippen LogP contribution in [0, 0.1) is 0 Å². The van der Waals surface area contributed by atoms with Crippen LogP contribution in [0.5, 0.6) is 5.75 Å². The second kappa shape index (κ2) is 8.90. The Morgan fingerprint density at radius 1 is 0.966 bits per heavy atom. The van der Waals surface area contributed by atoms with Crippen LogP contribution in [0.2, 0.25) is 0 Å². The van der Waals surface area contributed by atoms with Crippen molar-refractivity contribution in [1.29, 1.82) is 0 Å². The fourth-order valence-corrected chi connectivity index (χ4v) is 4.64. The van der Waals surface area contributed by atoms with Crippen LogP contribution < -0.4 is 19.7 Å². The van der Waals surface area contributed by atoms with Gasteiger partial charge in [0.15, 0.2) is 0 Å². The molecule has 0 bridgehead atoms. The number of rotatable bonds is 5. The molecule has 0 spiro atoms. The van der Waals surface area contributed by atoms with Crippen LogP contribution in [0.1, 0.15) is 0 Å². The SMILES string of the molecule is COc1cccc(S(=O)(=O)Nc2ccc(N3CCNCC3)c3ccccc23)c1.Cl. The molecule has 3 aromatic rings. The van der Waals surface area contributed by atoms with Crippen LogP contribution >= 0.6 is 12.4 Å². The molecule has 2 N–H and O–H groups in total. The minimum Gasteiger partial charge on any atom is -0.497 e. The van der Waals surface area contributed by atoms with Gasteiger partial charge in [-0.05, 0) is 24.3 Å². The fourth-order valence-electron chi connectivity index (χ4n) is 3.53. The minimum absolute atomic E-state index is 0. The van der Waals surface area contributed by atoms with E-state index in [1.54, 1.807) is 18.2 Å². The fraction of sp³-hybridized carbons (Fsp3) is 0.238. The number of piperazine rings is 1. The van der Waals surface area contributed by atoms with Gasteiger partial charge in [0.1, 0.15) is 5.75 Å². The monoisotopic (exact) mass is 433 g/mol. The molecule has 0 atom stereocenters. The number of halogens is 1. The number of benzene rings is 3. The molecule has 1 heterocycles. The van der Waals surface area contributed by atoms with Gasteiger partial charge < -0.3 is 15.0 Å². The van der Waals surface area contributed by atoms with Crippen LogP contribution in [-0.2, 0) is 10.0 Å². The Bertz CT molecular complexity index is 1100. The Labute approximate surface area is 177 Å². The van der Waals surface area contributed by atoms with E-state index in [2.05, 4.69) is 14.9 Å². The van der Waals surface area contributed by atoms with Crippen molar-refractivity contribution < 1.29 is 13.2 Å². The van der Waals surface area contributed by atoms with Gasteiger partial charge in [-0.1, -0.05) is 30.3 Å². The predicted octanol–water partition coefficient (Wildman–Crippen LogP) is 3.48. The first-order valence-electron chi connectivity index (χ1n) is 9.23. The van der Waals surface area contributed by atoms with Crippen LogP contribution in [0.3, 0.4) is 0 Å². The van der Waals surface area contributed by atoms with E-state index in [-0.39, 0.29) is 17.3 Å². The maximum absolute atomic E-state index is 12.9. The van der Waals surface area contributed by atoms with Crippen LogP contribution in [0.25, 0.3) is 10.8 Å². The number of hydrogen-bond acceptors (Lipinski definition) is 5. The molecule has 1 aliphatic heterocycles. The molecular formula is C21H24ClN3O3S. The van der Waals surface area contributed by atoms with Crippen molar-refractivity contribution in [3.05, 3.63) is 60.7 Å². The van der Waals surface area contributed by atoms with E-state index in [1.165, 1.54) is 13.2 Å². The highest BCUT2D eigenvalue weighted by Crippen LogP contribution is 2.34. The number of methoxy groups -OCH3 is 1. The smallest absolute Gasteiger partial charge is 0.262 e. The van der Waals surface area contributed by atoms with Crippen LogP contribution in [0.15, 0.2) is 65.6 Å². The summed E-state index contributed by atoms with van der Waals surface area (Å²) >= 11 is 0. The van der Waals surface area contributed by atoms with Crippen molar-refractivity contribution in [2.45, 2.75) is 4.90 Å². The Balaban J connectivity index is 0.00000240. The molecular weight excluding hydrogens is 410 g/mol. The maximum atomic E-state index is 12.9. The van der Waals surface area contributed by atoms with Gasteiger partial charge in [-0.25, -0.2) is 8.42 Å². The summed E-state index contributed by atoms with van der Waals surface area (Å²) in [4.78, 5) is 2.50. The first-order valence-corrected chi connectivity index (χ1v) is 10.7. The molecule has 0 unspecified atom stereocenters. The third kappa shape index (κ3) is 4.42. The van der Waals surface area contributed by atoms with Gasteiger partial charge in [-0.15, -0.1) is 12.4 Å². The Morgan fingerprint density at radius 2 is 1.69 bits per heavy atom. The minimum atomic E-state index is -3.73. The topological polar surface area (TPSA) is 70.7 Å². The van der Waals surface area contributed by atoms with Crippen molar-refractivity contribution in [2.24, 2.45) is 0 Å². The molecule has 3 aromatic carbocycles. The number of sulfonamides is 1. The summed E-state index contributed by atoms with van der Waals surface area (Å²) in [6.45, 7) is 3.74. The lowest BCUT2D eigenvalue weighted by Gasteiger charge is -2.30. The molecule has 154 valence electrons. The Kier molecular flexibility index (Phi) is 6.52. The van der Waals surface area contributed by atoms with Crippen LogP contribution in [-0.4, -0.2) is 41.7 Å². The van der Waals surface area contributed by atoms with E-state index in [0.717, 1.165) is 42.6 Å². The van der Waals surface area contributed by atoms with Gasteiger partial charge in [-0.3, -0.25) is 4.72 Å². The summed E-state index contributed by atoms with van der Waals surface area (Å²) in [5.74, 6) is 0.502. The molecule has 0 radical (unpaired) electrons. The number of nitrogens with zero attached hydrogens (tertiary/aromatic N) is 1. The average molecular weight is 434 g/mol. The standard InChI is InChI=1S/C21H23N3O3S.ClH/c1-27-16-5-4-6-17(15-16)28(25,26)23-20-9-10-21(24-13-11-22-12-14-24)19-8-3-2-7-18(19)20;/h2-10,15,22-23H,11-14H2,1H3;1H. The summed E-state index contributed by atoms with van der Waals surface area (Å²) in [6, 6.07) is 18.2. The number of hydrogen-bond donors (Lipinski definition) is 2. The van der Waals surface area contributed by atoms with Crippen molar-refractivity contribution in [3.63, 3.8) is 0 Å². The quantitative estimate of drug-likeness (QED) is 0.644. The van der Waals surface area contributed by atoms with E-state index in [9.17, 15) is 8.42 Å². The van der Waals surface area contributed by atoms with E-state index < -0.39 is 10.0 Å². The van der Waals surface area contributed by atoms with Crippen molar-refractivity contribution in [2.75, 3.05) is 42.9 Å². The Hall–Kier alpha value is -2.48. The molecule has 29 heavy (non-hydrogen) atoms.